The number of hydrogen-bond donors (Lipinski definition) is 3. The molecular weight excluding hydrogens is 278 g/mol. The number of nitrogens with one attached hydrogen (secondary N) is 1. The van der Waals surface area contributed by atoms with Gasteiger partial charge in [-0.3, -0.25) is 4.79 Å². The van der Waals surface area contributed by atoms with Crippen molar-refractivity contribution < 1.29 is 15.0 Å². The number of carbonyl (C=O) groups excluding carboxylic acids is 1. The van der Waals surface area contributed by atoms with Gasteiger partial charge in [-0.1, -0.05) is 42.6 Å². The lowest BCUT2D eigenvalue weighted by molar-refractivity contribution is -0.130. The van der Waals surface area contributed by atoms with Crippen molar-refractivity contribution in [2.45, 2.75) is 37.9 Å². The number of rotatable bonds is 5. The van der Waals surface area contributed by atoms with Crippen LogP contribution in [0.25, 0.3) is 0 Å². The molecule has 20 heavy (non-hydrogen) atoms. The third kappa shape index (κ3) is 3.72. The molecule has 1 saturated carbocycles. The fourth-order valence-electron chi connectivity index (χ4n) is 2.65. The van der Waals surface area contributed by atoms with E-state index in [0.717, 1.165) is 25.7 Å². The first-order valence-electron chi connectivity index (χ1n) is 6.98. The molecule has 3 N–H and O–H groups in total. The second-order valence-electron chi connectivity index (χ2n) is 5.28. The topological polar surface area (TPSA) is 69.6 Å². The first-order chi connectivity index (χ1) is 9.59. The summed E-state index contributed by atoms with van der Waals surface area (Å²) in [5.74, 6) is -0.275. The number of amides is 1. The van der Waals surface area contributed by atoms with E-state index in [2.05, 4.69) is 5.32 Å². The molecule has 4 nitrogen and oxygen atoms in total. The Bertz CT molecular complexity index is 460. The minimum Gasteiger partial charge on any atom is -0.391 e. The van der Waals surface area contributed by atoms with Crippen LogP contribution >= 0.6 is 11.6 Å². The van der Waals surface area contributed by atoms with Crippen molar-refractivity contribution in [1.82, 2.24) is 5.32 Å². The Morgan fingerprint density at radius 3 is 2.60 bits per heavy atom. The first-order valence-corrected chi connectivity index (χ1v) is 7.35. The quantitative estimate of drug-likeness (QED) is 0.779. The average Bonchev–Trinajstić information content (AvgIpc) is 2.98. The molecule has 0 bridgehead atoms. The molecule has 0 radical (unpaired) electrons. The first kappa shape index (κ1) is 15.3. The van der Waals surface area contributed by atoms with E-state index in [1.165, 1.54) is 0 Å². The van der Waals surface area contributed by atoms with Gasteiger partial charge >= 0.3 is 0 Å². The molecule has 0 aromatic heterocycles. The maximum Gasteiger partial charge on any atom is 0.253 e. The van der Waals surface area contributed by atoms with Crippen LogP contribution in [0.4, 0.5) is 0 Å². The Kier molecular flexibility index (Phi) is 5.40. The number of benzene rings is 1. The molecule has 0 spiro atoms. The molecule has 1 aliphatic carbocycles. The van der Waals surface area contributed by atoms with Gasteiger partial charge in [-0.05, 0) is 24.8 Å². The zero-order valence-corrected chi connectivity index (χ0v) is 12.0. The molecule has 0 heterocycles. The minimum absolute atomic E-state index is 0.172. The summed E-state index contributed by atoms with van der Waals surface area (Å²) >= 11 is 5.94. The Hall–Kier alpha value is -1.10. The zero-order chi connectivity index (χ0) is 14.5. The summed E-state index contributed by atoms with van der Waals surface area (Å²) in [6.45, 7) is 0.172. The predicted octanol–water partition coefficient (Wildman–Crippen LogP) is 2.04. The highest BCUT2D eigenvalue weighted by atomic mass is 35.5. The third-order valence-electron chi connectivity index (χ3n) is 3.88. The largest absolute Gasteiger partial charge is 0.391 e. The predicted molar refractivity (Wildman–Crippen MR) is 77.4 cm³/mol. The smallest absolute Gasteiger partial charge is 0.253 e. The van der Waals surface area contributed by atoms with Gasteiger partial charge in [0.25, 0.3) is 5.91 Å². The Morgan fingerprint density at radius 1 is 1.30 bits per heavy atom. The lowest BCUT2D eigenvalue weighted by Gasteiger charge is -2.19. The molecule has 1 amide bonds. The Morgan fingerprint density at radius 2 is 1.95 bits per heavy atom. The van der Waals surface area contributed by atoms with Crippen LogP contribution in [0, 0.1) is 5.92 Å². The van der Waals surface area contributed by atoms with Gasteiger partial charge in [0.1, 0.15) is 0 Å². The van der Waals surface area contributed by atoms with Crippen LogP contribution in [0.3, 0.4) is 0 Å². The van der Waals surface area contributed by atoms with Crippen LogP contribution in [-0.4, -0.2) is 28.8 Å². The van der Waals surface area contributed by atoms with Gasteiger partial charge < -0.3 is 15.5 Å². The molecule has 1 aliphatic rings. The highest BCUT2D eigenvalue weighted by Gasteiger charge is 2.25. The maximum atomic E-state index is 11.9. The zero-order valence-electron chi connectivity index (χ0n) is 11.3. The van der Waals surface area contributed by atoms with Gasteiger partial charge in [-0.15, -0.1) is 0 Å². The molecule has 110 valence electrons. The van der Waals surface area contributed by atoms with Crippen molar-refractivity contribution >= 4 is 17.5 Å². The van der Waals surface area contributed by atoms with Crippen molar-refractivity contribution in [3.05, 3.63) is 34.9 Å². The van der Waals surface area contributed by atoms with Crippen molar-refractivity contribution in [3.63, 3.8) is 0 Å². The van der Waals surface area contributed by atoms with Crippen LogP contribution in [0.5, 0.6) is 0 Å². The highest BCUT2D eigenvalue weighted by Crippen LogP contribution is 2.27. The van der Waals surface area contributed by atoms with E-state index in [9.17, 15) is 15.0 Å². The normalized spacial score (nSPS) is 18.8. The van der Waals surface area contributed by atoms with E-state index in [1.807, 2.05) is 0 Å². The van der Waals surface area contributed by atoms with Crippen molar-refractivity contribution in [2.24, 2.45) is 5.92 Å². The van der Waals surface area contributed by atoms with Gasteiger partial charge in [0.05, 0.1) is 6.10 Å². The summed E-state index contributed by atoms with van der Waals surface area (Å²) < 4.78 is 0. The fraction of sp³-hybridized carbons (Fsp3) is 0.533. The lowest BCUT2D eigenvalue weighted by atomic mass is 10.0. The van der Waals surface area contributed by atoms with Gasteiger partial charge in [0, 0.05) is 17.1 Å². The summed E-state index contributed by atoms with van der Waals surface area (Å²) in [6, 6.07) is 6.69. The summed E-state index contributed by atoms with van der Waals surface area (Å²) in [6.07, 6.45) is 2.43. The summed E-state index contributed by atoms with van der Waals surface area (Å²) in [4.78, 5) is 11.9. The Balaban J connectivity index is 1.86. The van der Waals surface area contributed by atoms with E-state index in [-0.39, 0.29) is 12.5 Å². The molecular formula is C15H20ClNO3. The van der Waals surface area contributed by atoms with E-state index >= 15 is 0 Å². The van der Waals surface area contributed by atoms with Crippen LogP contribution in [0.1, 0.15) is 37.4 Å². The van der Waals surface area contributed by atoms with Crippen LogP contribution < -0.4 is 5.32 Å². The summed E-state index contributed by atoms with van der Waals surface area (Å²) in [5, 5.41) is 22.9. The van der Waals surface area contributed by atoms with E-state index in [4.69, 9.17) is 11.6 Å². The monoisotopic (exact) mass is 297 g/mol. The second kappa shape index (κ2) is 7.07. The van der Waals surface area contributed by atoms with Crippen molar-refractivity contribution in [3.8, 4) is 0 Å². The molecule has 2 atom stereocenters. The van der Waals surface area contributed by atoms with Crippen LogP contribution in [-0.2, 0) is 4.79 Å². The summed E-state index contributed by atoms with van der Waals surface area (Å²) in [7, 11) is 0. The average molecular weight is 298 g/mol. The third-order valence-corrected chi connectivity index (χ3v) is 4.22. The lowest BCUT2D eigenvalue weighted by Crippen LogP contribution is -2.38. The van der Waals surface area contributed by atoms with Gasteiger partial charge in [0.15, 0.2) is 6.10 Å². The SMILES string of the molecule is O=C(NCC(O)C1CCCC1)[C@H](O)c1ccccc1Cl. The molecule has 1 aromatic carbocycles. The number of aliphatic hydroxyl groups excluding tert-OH is 2. The standard InChI is InChI=1S/C15H20ClNO3/c16-12-8-4-3-7-11(12)14(19)15(20)17-9-13(18)10-5-1-2-6-10/h3-4,7-8,10,13-14,18-19H,1-2,5-6,9H2,(H,17,20)/t13?,14-/m1/s1. The second-order valence-corrected chi connectivity index (χ2v) is 5.69. The number of aliphatic hydroxyl groups is 2. The van der Waals surface area contributed by atoms with Crippen LogP contribution in [0.15, 0.2) is 24.3 Å². The van der Waals surface area contributed by atoms with Gasteiger partial charge in [0.2, 0.25) is 0 Å². The van der Waals surface area contributed by atoms with E-state index < -0.39 is 18.1 Å². The van der Waals surface area contributed by atoms with Crippen molar-refractivity contribution in [2.75, 3.05) is 6.54 Å². The molecule has 0 saturated heterocycles. The van der Waals surface area contributed by atoms with E-state index in [1.54, 1.807) is 24.3 Å². The molecule has 2 rings (SSSR count). The molecule has 1 fully saturated rings. The number of carbonyl (C=O) groups is 1. The maximum absolute atomic E-state index is 11.9. The fourth-order valence-corrected chi connectivity index (χ4v) is 2.89. The number of halogens is 1. The van der Waals surface area contributed by atoms with Crippen molar-refractivity contribution in [1.29, 1.82) is 0 Å². The summed E-state index contributed by atoms with van der Waals surface area (Å²) in [5.41, 5.74) is 0.377. The number of hydrogen-bond acceptors (Lipinski definition) is 3. The molecule has 0 aliphatic heterocycles. The van der Waals surface area contributed by atoms with Crippen LogP contribution in [0.2, 0.25) is 5.02 Å². The Labute approximate surface area is 123 Å². The molecule has 1 aromatic rings. The van der Waals surface area contributed by atoms with E-state index in [0.29, 0.717) is 10.6 Å². The molecule has 5 heteroatoms. The minimum atomic E-state index is -1.31. The van der Waals surface area contributed by atoms with Gasteiger partial charge in [-0.2, -0.15) is 0 Å². The molecule has 1 unspecified atom stereocenters. The van der Waals surface area contributed by atoms with Gasteiger partial charge in [-0.25, -0.2) is 0 Å². The highest BCUT2D eigenvalue weighted by molar-refractivity contribution is 6.31.